The van der Waals surface area contributed by atoms with Gasteiger partial charge >= 0.3 is 5.97 Å². The van der Waals surface area contributed by atoms with E-state index in [-0.39, 0.29) is 5.69 Å². The van der Waals surface area contributed by atoms with Crippen LogP contribution in [0.25, 0.3) is 0 Å². The minimum Gasteiger partial charge on any atom is -0.505 e. The second kappa shape index (κ2) is 4.20. The van der Waals surface area contributed by atoms with Crippen molar-refractivity contribution in [2.45, 2.75) is 13.3 Å². The molecule has 0 aliphatic heterocycles. The highest BCUT2D eigenvalue weighted by Gasteiger charge is 2.25. The zero-order chi connectivity index (χ0) is 11.6. The van der Waals surface area contributed by atoms with Crippen molar-refractivity contribution in [2.24, 2.45) is 0 Å². The summed E-state index contributed by atoms with van der Waals surface area (Å²) in [6.45, 7) is 1.33. The predicted octanol–water partition coefficient (Wildman–Crippen LogP) is 1.82. The molecule has 0 aliphatic carbocycles. The second-order valence-corrected chi connectivity index (χ2v) is 2.81. The van der Waals surface area contributed by atoms with E-state index in [1.165, 1.54) is 6.92 Å². The fourth-order valence-corrected chi connectivity index (χ4v) is 1.19. The summed E-state index contributed by atoms with van der Waals surface area (Å²) in [5.41, 5.74) is -1.13. The third-order valence-corrected chi connectivity index (χ3v) is 1.90. The number of aromatic hydroxyl groups is 1. The number of pyridine rings is 1. The number of halogens is 2. The molecular formula is C9H9F2NO3. The SMILES string of the molecule is COC(=O)c1c(O)cnc(C)c1C(F)F. The maximum atomic E-state index is 12.6. The number of alkyl halides is 2. The number of hydrogen-bond donors (Lipinski definition) is 1. The quantitative estimate of drug-likeness (QED) is 0.767. The fourth-order valence-electron chi connectivity index (χ4n) is 1.19. The van der Waals surface area contributed by atoms with Gasteiger partial charge in [0.15, 0.2) is 0 Å². The first-order valence-electron chi connectivity index (χ1n) is 4.04. The van der Waals surface area contributed by atoms with Crippen molar-refractivity contribution in [1.82, 2.24) is 4.98 Å². The number of hydrogen-bond acceptors (Lipinski definition) is 4. The van der Waals surface area contributed by atoms with Gasteiger partial charge in [0.25, 0.3) is 6.43 Å². The molecule has 1 rings (SSSR count). The molecule has 0 saturated heterocycles. The van der Waals surface area contributed by atoms with Crippen LogP contribution in [0.3, 0.4) is 0 Å². The van der Waals surface area contributed by atoms with Gasteiger partial charge in [-0.1, -0.05) is 0 Å². The molecule has 0 aliphatic rings. The molecule has 1 aromatic rings. The standard InChI is InChI=1S/C9H9F2NO3/c1-4-6(8(10)11)7(9(14)15-2)5(13)3-12-4/h3,8,13H,1-2H3. The van der Waals surface area contributed by atoms with Crippen LogP contribution in [0.5, 0.6) is 5.75 Å². The van der Waals surface area contributed by atoms with Crippen molar-refractivity contribution in [1.29, 1.82) is 0 Å². The Hall–Kier alpha value is -1.72. The number of esters is 1. The van der Waals surface area contributed by atoms with Crippen molar-refractivity contribution >= 4 is 5.97 Å². The Labute approximate surface area is 84.5 Å². The van der Waals surface area contributed by atoms with Crippen LogP contribution in [-0.4, -0.2) is 23.2 Å². The van der Waals surface area contributed by atoms with Gasteiger partial charge in [0.05, 0.1) is 18.9 Å². The summed E-state index contributed by atoms with van der Waals surface area (Å²) in [6, 6.07) is 0. The summed E-state index contributed by atoms with van der Waals surface area (Å²) in [7, 11) is 1.05. The molecule has 0 saturated carbocycles. The van der Waals surface area contributed by atoms with Gasteiger partial charge in [-0.3, -0.25) is 4.98 Å². The second-order valence-electron chi connectivity index (χ2n) is 2.81. The van der Waals surface area contributed by atoms with E-state index < -0.39 is 29.3 Å². The van der Waals surface area contributed by atoms with Gasteiger partial charge in [-0.25, -0.2) is 13.6 Å². The largest absolute Gasteiger partial charge is 0.505 e. The number of rotatable bonds is 2. The molecule has 1 N–H and O–H groups in total. The molecular weight excluding hydrogens is 208 g/mol. The average Bonchev–Trinajstić information content (AvgIpc) is 2.19. The number of aryl methyl sites for hydroxylation is 1. The lowest BCUT2D eigenvalue weighted by Crippen LogP contribution is -2.09. The highest BCUT2D eigenvalue weighted by Crippen LogP contribution is 2.31. The number of nitrogens with zero attached hydrogens (tertiary/aromatic N) is 1. The van der Waals surface area contributed by atoms with Gasteiger partial charge in [-0.05, 0) is 6.92 Å². The topological polar surface area (TPSA) is 59.4 Å². The third kappa shape index (κ3) is 2.03. The highest BCUT2D eigenvalue weighted by molar-refractivity contribution is 5.94. The van der Waals surface area contributed by atoms with Crippen molar-refractivity contribution < 1.29 is 23.4 Å². The minimum atomic E-state index is -2.89. The van der Waals surface area contributed by atoms with Crippen LogP contribution >= 0.6 is 0 Å². The maximum absolute atomic E-state index is 12.6. The Morgan fingerprint density at radius 3 is 2.67 bits per heavy atom. The first kappa shape index (κ1) is 11.4. The zero-order valence-electron chi connectivity index (χ0n) is 8.12. The van der Waals surface area contributed by atoms with E-state index in [1.807, 2.05) is 0 Å². The number of carbonyl (C=O) groups excluding carboxylic acids is 1. The van der Waals surface area contributed by atoms with Gasteiger partial charge < -0.3 is 9.84 Å². The minimum absolute atomic E-state index is 0.0109. The van der Waals surface area contributed by atoms with E-state index in [2.05, 4.69) is 9.72 Å². The van der Waals surface area contributed by atoms with Crippen molar-refractivity contribution in [3.05, 3.63) is 23.0 Å². The van der Waals surface area contributed by atoms with E-state index in [0.717, 1.165) is 13.3 Å². The summed E-state index contributed by atoms with van der Waals surface area (Å²) in [6.07, 6.45) is -1.95. The molecule has 6 heteroatoms. The number of ether oxygens (including phenoxy) is 1. The van der Waals surface area contributed by atoms with E-state index in [0.29, 0.717) is 0 Å². The molecule has 0 atom stereocenters. The molecule has 0 bridgehead atoms. The van der Waals surface area contributed by atoms with E-state index in [4.69, 9.17) is 0 Å². The van der Waals surface area contributed by atoms with Gasteiger partial charge in [0, 0.05) is 5.69 Å². The first-order valence-corrected chi connectivity index (χ1v) is 4.04. The molecule has 82 valence electrons. The Kier molecular flexibility index (Phi) is 3.18. The van der Waals surface area contributed by atoms with Crippen LogP contribution < -0.4 is 0 Å². The summed E-state index contributed by atoms with van der Waals surface area (Å²) in [4.78, 5) is 14.7. The van der Waals surface area contributed by atoms with E-state index >= 15 is 0 Å². The molecule has 0 spiro atoms. The lowest BCUT2D eigenvalue weighted by atomic mass is 10.1. The normalized spacial score (nSPS) is 10.5. The van der Waals surface area contributed by atoms with Crippen molar-refractivity contribution in [3.8, 4) is 5.75 Å². The molecule has 1 heterocycles. The van der Waals surface area contributed by atoms with E-state index in [1.54, 1.807) is 0 Å². The average molecular weight is 217 g/mol. The van der Waals surface area contributed by atoms with Gasteiger partial charge in [-0.2, -0.15) is 0 Å². The Balaban J connectivity index is 3.45. The summed E-state index contributed by atoms with van der Waals surface area (Å²) >= 11 is 0. The van der Waals surface area contributed by atoms with Gasteiger partial charge in [0.2, 0.25) is 0 Å². The summed E-state index contributed by atoms with van der Waals surface area (Å²) < 4.78 is 29.5. The smallest absolute Gasteiger partial charge is 0.342 e. The molecule has 15 heavy (non-hydrogen) atoms. The number of aromatic nitrogens is 1. The Morgan fingerprint density at radius 1 is 1.60 bits per heavy atom. The highest BCUT2D eigenvalue weighted by atomic mass is 19.3. The third-order valence-electron chi connectivity index (χ3n) is 1.90. The monoisotopic (exact) mass is 217 g/mol. The molecule has 0 aromatic carbocycles. The molecule has 1 aromatic heterocycles. The molecule has 0 radical (unpaired) electrons. The van der Waals surface area contributed by atoms with Gasteiger partial charge in [-0.15, -0.1) is 0 Å². The lowest BCUT2D eigenvalue weighted by Gasteiger charge is -2.10. The van der Waals surface area contributed by atoms with Crippen LogP contribution in [0.15, 0.2) is 6.20 Å². The number of carbonyl (C=O) groups is 1. The molecule has 0 fully saturated rings. The van der Waals surface area contributed by atoms with Crippen LogP contribution in [-0.2, 0) is 4.74 Å². The van der Waals surface area contributed by atoms with Gasteiger partial charge in [0.1, 0.15) is 11.3 Å². The van der Waals surface area contributed by atoms with Crippen LogP contribution in [0.4, 0.5) is 8.78 Å². The van der Waals surface area contributed by atoms with Crippen LogP contribution in [0, 0.1) is 6.92 Å². The van der Waals surface area contributed by atoms with Crippen LogP contribution in [0.2, 0.25) is 0 Å². The summed E-state index contributed by atoms with van der Waals surface area (Å²) in [5.74, 6) is -1.61. The fraction of sp³-hybridized carbons (Fsp3) is 0.333. The molecule has 4 nitrogen and oxygen atoms in total. The Morgan fingerprint density at radius 2 is 2.20 bits per heavy atom. The maximum Gasteiger partial charge on any atom is 0.342 e. The summed E-state index contributed by atoms with van der Waals surface area (Å²) in [5, 5.41) is 9.27. The molecule has 0 amide bonds. The lowest BCUT2D eigenvalue weighted by molar-refractivity contribution is 0.0584. The predicted molar refractivity (Wildman–Crippen MR) is 46.9 cm³/mol. The number of methoxy groups -OCH3 is 1. The zero-order valence-corrected chi connectivity index (χ0v) is 8.12. The Bertz CT molecular complexity index is 393. The van der Waals surface area contributed by atoms with Crippen molar-refractivity contribution in [3.63, 3.8) is 0 Å². The van der Waals surface area contributed by atoms with Crippen LogP contribution in [0.1, 0.15) is 28.0 Å². The van der Waals surface area contributed by atoms with Crippen molar-refractivity contribution in [2.75, 3.05) is 7.11 Å². The molecule has 0 unspecified atom stereocenters. The van der Waals surface area contributed by atoms with E-state index in [9.17, 15) is 18.7 Å². The first-order chi connectivity index (χ1) is 6.99.